The second kappa shape index (κ2) is 9.75. The fourth-order valence-electron chi connectivity index (χ4n) is 2.94. The Bertz CT molecular complexity index is 866. The predicted molar refractivity (Wildman–Crippen MR) is 109 cm³/mol. The fraction of sp³-hybridized carbons (Fsp3) is 0.474. The number of methoxy groups -OCH3 is 1. The zero-order valence-electron chi connectivity index (χ0n) is 16.8. The minimum atomic E-state index is -0.140. The molecule has 2 heterocycles. The molecule has 1 aromatic carbocycles. The molecule has 10 heteroatoms. The van der Waals surface area contributed by atoms with Crippen LogP contribution in [0, 0.1) is 0 Å². The summed E-state index contributed by atoms with van der Waals surface area (Å²) in [5, 5.41) is 9.05. The van der Waals surface area contributed by atoms with Gasteiger partial charge in [0.2, 0.25) is 11.8 Å². The highest BCUT2D eigenvalue weighted by Gasteiger charge is 2.21. The molecular weight excluding hydrogens is 394 g/mol. The van der Waals surface area contributed by atoms with E-state index >= 15 is 0 Å². The summed E-state index contributed by atoms with van der Waals surface area (Å²) in [6.07, 6.45) is 0. The minimum Gasteiger partial charge on any atom is -0.496 e. The third kappa shape index (κ3) is 5.07. The number of rotatable bonds is 7. The number of thioether (sulfide) groups is 1. The Hall–Kier alpha value is -2.59. The van der Waals surface area contributed by atoms with Crippen molar-refractivity contribution in [3.05, 3.63) is 24.3 Å². The topological polar surface area (TPSA) is 89.8 Å². The number of hydrogen-bond donors (Lipinski definition) is 0. The third-order valence-corrected chi connectivity index (χ3v) is 5.67. The van der Waals surface area contributed by atoms with Crippen LogP contribution >= 0.6 is 11.8 Å². The van der Waals surface area contributed by atoms with E-state index in [2.05, 4.69) is 10.2 Å². The normalized spacial score (nSPS) is 14.0. The van der Waals surface area contributed by atoms with Gasteiger partial charge in [-0.05, 0) is 12.1 Å². The standard InChI is InChI=1S/C19H25N5O4S/c1-22(12-16(25)24-8-10-28-11-9-24)17(26)13-29-19-21-20-18(23(19)2)14-6-4-5-7-15(14)27-3/h4-7H,8-13H2,1-3H3. The van der Waals surface area contributed by atoms with Gasteiger partial charge in [0, 0.05) is 27.2 Å². The monoisotopic (exact) mass is 419 g/mol. The third-order valence-electron chi connectivity index (χ3n) is 4.67. The first-order valence-corrected chi connectivity index (χ1v) is 10.2. The van der Waals surface area contributed by atoms with Crippen molar-refractivity contribution >= 4 is 23.6 Å². The van der Waals surface area contributed by atoms with Gasteiger partial charge in [0.1, 0.15) is 5.75 Å². The molecule has 1 aliphatic heterocycles. The van der Waals surface area contributed by atoms with Crippen LogP contribution in [-0.2, 0) is 21.4 Å². The van der Waals surface area contributed by atoms with Crippen molar-refractivity contribution in [2.45, 2.75) is 5.16 Å². The van der Waals surface area contributed by atoms with Crippen LogP contribution in [0.2, 0.25) is 0 Å². The molecule has 0 N–H and O–H groups in total. The largest absolute Gasteiger partial charge is 0.496 e. The average Bonchev–Trinajstić information content (AvgIpc) is 3.12. The molecule has 1 saturated heterocycles. The molecule has 9 nitrogen and oxygen atoms in total. The molecule has 0 radical (unpaired) electrons. The SMILES string of the molecule is COc1ccccc1-c1nnc(SCC(=O)N(C)CC(=O)N2CCOCC2)n1C. The van der Waals surface area contributed by atoms with Crippen molar-refractivity contribution in [2.75, 3.05) is 52.8 Å². The first-order chi connectivity index (χ1) is 14.0. The van der Waals surface area contributed by atoms with Gasteiger partial charge in [-0.3, -0.25) is 9.59 Å². The van der Waals surface area contributed by atoms with E-state index in [1.165, 1.54) is 16.7 Å². The molecular formula is C19H25N5O4S. The Morgan fingerprint density at radius 1 is 1.24 bits per heavy atom. The molecule has 2 amide bonds. The van der Waals surface area contributed by atoms with Crippen molar-refractivity contribution < 1.29 is 19.1 Å². The van der Waals surface area contributed by atoms with Crippen LogP contribution in [0.5, 0.6) is 5.75 Å². The quantitative estimate of drug-likeness (QED) is 0.616. The van der Waals surface area contributed by atoms with Gasteiger partial charge in [-0.1, -0.05) is 23.9 Å². The highest BCUT2D eigenvalue weighted by Crippen LogP contribution is 2.29. The molecule has 156 valence electrons. The number of aromatic nitrogens is 3. The Balaban J connectivity index is 1.57. The number of para-hydroxylation sites is 1. The maximum Gasteiger partial charge on any atom is 0.242 e. The number of ether oxygens (including phenoxy) is 2. The van der Waals surface area contributed by atoms with Gasteiger partial charge in [0.05, 0.1) is 38.2 Å². The highest BCUT2D eigenvalue weighted by molar-refractivity contribution is 7.99. The molecule has 0 aliphatic carbocycles. The highest BCUT2D eigenvalue weighted by atomic mass is 32.2. The summed E-state index contributed by atoms with van der Waals surface area (Å²) in [5.41, 5.74) is 0.830. The fourth-order valence-corrected chi connectivity index (χ4v) is 3.80. The van der Waals surface area contributed by atoms with E-state index in [0.717, 1.165) is 5.56 Å². The van der Waals surface area contributed by atoms with Gasteiger partial charge >= 0.3 is 0 Å². The Morgan fingerprint density at radius 2 is 1.97 bits per heavy atom. The van der Waals surface area contributed by atoms with Gasteiger partial charge in [-0.25, -0.2) is 0 Å². The van der Waals surface area contributed by atoms with E-state index in [1.807, 2.05) is 35.9 Å². The van der Waals surface area contributed by atoms with Crippen molar-refractivity contribution in [1.82, 2.24) is 24.6 Å². The van der Waals surface area contributed by atoms with Gasteiger partial charge in [-0.2, -0.15) is 0 Å². The molecule has 0 bridgehead atoms. The first-order valence-electron chi connectivity index (χ1n) is 9.26. The van der Waals surface area contributed by atoms with Crippen LogP contribution in [0.1, 0.15) is 0 Å². The van der Waals surface area contributed by atoms with Gasteiger partial charge in [0.15, 0.2) is 11.0 Å². The van der Waals surface area contributed by atoms with Crippen LogP contribution in [0.4, 0.5) is 0 Å². The molecule has 0 unspecified atom stereocenters. The van der Waals surface area contributed by atoms with E-state index in [-0.39, 0.29) is 24.1 Å². The molecule has 0 saturated carbocycles. The number of likely N-dealkylation sites (N-methyl/N-ethyl adjacent to an activating group) is 1. The lowest BCUT2D eigenvalue weighted by Crippen LogP contribution is -2.46. The van der Waals surface area contributed by atoms with Crippen molar-refractivity contribution in [3.8, 4) is 17.1 Å². The summed E-state index contributed by atoms with van der Waals surface area (Å²) < 4.78 is 12.5. The lowest BCUT2D eigenvalue weighted by molar-refractivity contribution is -0.140. The summed E-state index contributed by atoms with van der Waals surface area (Å²) in [5.74, 6) is 1.33. The second-order valence-electron chi connectivity index (χ2n) is 6.60. The Kier molecular flexibility index (Phi) is 7.10. The first kappa shape index (κ1) is 21.1. The minimum absolute atomic E-state index is 0.0602. The number of carbonyl (C=O) groups excluding carboxylic acids is 2. The lowest BCUT2D eigenvalue weighted by atomic mass is 10.2. The number of amides is 2. The summed E-state index contributed by atoms with van der Waals surface area (Å²) in [6.45, 7) is 2.28. The van der Waals surface area contributed by atoms with E-state index < -0.39 is 0 Å². The van der Waals surface area contributed by atoms with Crippen LogP contribution < -0.4 is 4.74 Å². The average molecular weight is 420 g/mol. The Morgan fingerprint density at radius 3 is 2.69 bits per heavy atom. The van der Waals surface area contributed by atoms with E-state index in [0.29, 0.717) is 43.0 Å². The lowest BCUT2D eigenvalue weighted by Gasteiger charge is -2.28. The summed E-state index contributed by atoms with van der Waals surface area (Å²) >= 11 is 1.29. The number of nitrogens with zero attached hydrogens (tertiary/aromatic N) is 5. The van der Waals surface area contributed by atoms with Crippen LogP contribution in [0.3, 0.4) is 0 Å². The van der Waals surface area contributed by atoms with E-state index in [1.54, 1.807) is 19.1 Å². The molecule has 0 atom stereocenters. The van der Waals surface area contributed by atoms with Crippen molar-refractivity contribution in [1.29, 1.82) is 0 Å². The van der Waals surface area contributed by atoms with Gasteiger partial charge in [-0.15, -0.1) is 10.2 Å². The maximum atomic E-state index is 12.5. The van der Waals surface area contributed by atoms with Gasteiger partial charge < -0.3 is 23.8 Å². The summed E-state index contributed by atoms with van der Waals surface area (Å²) in [4.78, 5) is 27.9. The molecule has 1 aromatic heterocycles. The molecule has 0 spiro atoms. The molecule has 3 rings (SSSR count). The summed E-state index contributed by atoms with van der Waals surface area (Å²) in [6, 6.07) is 7.57. The molecule has 29 heavy (non-hydrogen) atoms. The zero-order valence-corrected chi connectivity index (χ0v) is 17.6. The maximum absolute atomic E-state index is 12.5. The number of hydrogen-bond acceptors (Lipinski definition) is 7. The zero-order chi connectivity index (χ0) is 20.8. The molecule has 1 fully saturated rings. The van der Waals surface area contributed by atoms with Gasteiger partial charge in [0.25, 0.3) is 0 Å². The van der Waals surface area contributed by atoms with Crippen LogP contribution in [0.15, 0.2) is 29.4 Å². The number of morpholine rings is 1. The smallest absolute Gasteiger partial charge is 0.242 e. The number of carbonyl (C=O) groups is 2. The number of benzene rings is 1. The van der Waals surface area contributed by atoms with Crippen molar-refractivity contribution in [2.24, 2.45) is 7.05 Å². The van der Waals surface area contributed by atoms with Crippen LogP contribution in [-0.4, -0.2) is 89.1 Å². The molecule has 2 aromatic rings. The summed E-state index contributed by atoms with van der Waals surface area (Å²) in [7, 11) is 5.09. The van der Waals surface area contributed by atoms with Crippen molar-refractivity contribution in [3.63, 3.8) is 0 Å². The second-order valence-corrected chi connectivity index (χ2v) is 7.54. The predicted octanol–water partition coefficient (Wildman–Crippen LogP) is 0.900. The Labute approximate surface area is 174 Å². The van der Waals surface area contributed by atoms with E-state index in [9.17, 15) is 9.59 Å². The van der Waals surface area contributed by atoms with E-state index in [4.69, 9.17) is 9.47 Å². The van der Waals surface area contributed by atoms with Crippen LogP contribution in [0.25, 0.3) is 11.4 Å². The molecule has 1 aliphatic rings.